The van der Waals surface area contributed by atoms with Crippen molar-refractivity contribution in [3.05, 3.63) is 17.0 Å². The van der Waals surface area contributed by atoms with Crippen LogP contribution in [0.2, 0.25) is 0 Å². The average molecular weight is 303 g/mol. The highest BCUT2D eigenvalue weighted by molar-refractivity contribution is 7.91. The van der Waals surface area contributed by atoms with Crippen LogP contribution in [0.3, 0.4) is 0 Å². The van der Waals surface area contributed by atoms with E-state index in [1.54, 1.807) is 6.07 Å². The number of methoxy groups -OCH3 is 1. The van der Waals surface area contributed by atoms with Gasteiger partial charge in [0, 0.05) is 18.0 Å². The standard InChI is InChI=1S/C12H17NO4S2/c1-3-10-4-5-11(18-10)19(15,16)13-7-6-9(8-13)12(14)17-2/h4-5,9H,3,6-8H2,1-2H3. The Morgan fingerprint density at radius 3 is 2.84 bits per heavy atom. The van der Waals surface area contributed by atoms with Crippen molar-refractivity contribution in [1.82, 2.24) is 4.31 Å². The predicted molar refractivity (Wildman–Crippen MR) is 72.6 cm³/mol. The molecule has 19 heavy (non-hydrogen) atoms. The minimum absolute atomic E-state index is 0.217. The van der Waals surface area contributed by atoms with Crippen LogP contribution >= 0.6 is 11.3 Å². The van der Waals surface area contributed by atoms with Gasteiger partial charge in [-0.1, -0.05) is 6.92 Å². The number of aryl methyl sites for hydroxylation is 1. The van der Waals surface area contributed by atoms with Gasteiger partial charge in [-0.25, -0.2) is 8.42 Å². The molecule has 0 amide bonds. The molecule has 0 saturated carbocycles. The maximum absolute atomic E-state index is 12.4. The molecule has 0 bridgehead atoms. The number of ether oxygens (including phenoxy) is 1. The fraction of sp³-hybridized carbons (Fsp3) is 0.583. The molecule has 0 aliphatic carbocycles. The second kappa shape index (κ2) is 5.60. The Balaban J connectivity index is 2.15. The number of hydrogen-bond donors (Lipinski definition) is 0. The maximum Gasteiger partial charge on any atom is 0.310 e. The number of carbonyl (C=O) groups is 1. The molecule has 0 aromatic carbocycles. The summed E-state index contributed by atoms with van der Waals surface area (Å²) in [5, 5.41) is 0. The molecule has 1 aliphatic heterocycles. The van der Waals surface area contributed by atoms with Crippen LogP contribution in [0.15, 0.2) is 16.3 Å². The van der Waals surface area contributed by atoms with Gasteiger partial charge in [-0.05, 0) is 25.0 Å². The number of esters is 1. The molecular weight excluding hydrogens is 286 g/mol. The highest BCUT2D eigenvalue weighted by atomic mass is 32.2. The SMILES string of the molecule is CCc1ccc(S(=O)(=O)N2CCC(C(=O)OC)C2)s1. The van der Waals surface area contributed by atoms with Crippen molar-refractivity contribution in [3.63, 3.8) is 0 Å². The van der Waals surface area contributed by atoms with Crippen LogP contribution in [0.5, 0.6) is 0 Å². The van der Waals surface area contributed by atoms with Crippen molar-refractivity contribution in [2.45, 2.75) is 24.0 Å². The van der Waals surface area contributed by atoms with E-state index in [9.17, 15) is 13.2 Å². The van der Waals surface area contributed by atoms with Gasteiger partial charge in [0.1, 0.15) is 4.21 Å². The normalized spacial score (nSPS) is 20.6. The first-order valence-electron chi connectivity index (χ1n) is 6.15. The van der Waals surface area contributed by atoms with E-state index >= 15 is 0 Å². The lowest BCUT2D eigenvalue weighted by atomic mass is 10.1. The molecule has 2 heterocycles. The van der Waals surface area contributed by atoms with Crippen molar-refractivity contribution in [1.29, 1.82) is 0 Å². The quantitative estimate of drug-likeness (QED) is 0.791. The van der Waals surface area contributed by atoms with Gasteiger partial charge in [-0.3, -0.25) is 4.79 Å². The number of hydrogen-bond acceptors (Lipinski definition) is 5. The van der Waals surface area contributed by atoms with Crippen molar-refractivity contribution in [2.24, 2.45) is 5.92 Å². The lowest BCUT2D eigenvalue weighted by Crippen LogP contribution is -2.29. The Bertz CT molecular complexity index is 564. The number of rotatable bonds is 4. The molecule has 106 valence electrons. The zero-order valence-electron chi connectivity index (χ0n) is 11.0. The first-order chi connectivity index (χ1) is 8.98. The number of sulfonamides is 1. The Morgan fingerprint density at radius 2 is 2.26 bits per heavy atom. The highest BCUT2D eigenvalue weighted by Gasteiger charge is 2.36. The predicted octanol–water partition coefficient (Wildman–Crippen LogP) is 1.49. The van der Waals surface area contributed by atoms with E-state index in [2.05, 4.69) is 4.74 Å². The van der Waals surface area contributed by atoms with Crippen LogP contribution in [-0.2, 0) is 26.0 Å². The van der Waals surface area contributed by atoms with Crippen LogP contribution < -0.4 is 0 Å². The molecule has 1 aliphatic rings. The van der Waals surface area contributed by atoms with E-state index in [-0.39, 0.29) is 18.4 Å². The topological polar surface area (TPSA) is 63.7 Å². The molecule has 0 radical (unpaired) electrons. The summed E-state index contributed by atoms with van der Waals surface area (Å²) in [5.74, 6) is -0.677. The first-order valence-corrected chi connectivity index (χ1v) is 8.41. The van der Waals surface area contributed by atoms with Gasteiger partial charge in [-0.2, -0.15) is 4.31 Å². The van der Waals surface area contributed by atoms with Gasteiger partial charge in [-0.15, -0.1) is 11.3 Å². The lowest BCUT2D eigenvalue weighted by Gasteiger charge is -2.14. The fourth-order valence-electron chi connectivity index (χ4n) is 2.12. The highest BCUT2D eigenvalue weighted by Crippen LogP contribution is 2.29. The minimum atomic E-state index is -3.46. The Hall–Kier alpha value is -0.920. The monoisotopic (exact) mass is 303 g/mol. The summed E-state index contributed by atoms with van der Waals surface area (Å²) in [4.78, 5) is 12.5. The zero-order chi connectivity index (χ0) is 14.0. The van der Waals surface area contributed by atoms with Crippen LogP contribution in [0.1, 0.15) is 18.2 Å². The lowest BCUT2D eigenvalue weighted by molar-refractivity contribution is -0.144. The average Bonchev–Trinajstić information content (AvgIpc) is 3.06. The van der Waals surface area contributed by atoms with Crippen molar-refractivity contribution in [3.8, 4) is 0 Å². The fourth-order valence-corrected chi connectivity index (χ4v) is 5.07. The molecule has 1 unspecified atom stereocenters. The molecule has 1 aromatic rings. The van der Waals surface area contributed by atoms with E-state index in [1.165, 1.54) is 22.8 Å². The Kier molecular flexibility index (Phi) is 4.27. The molecule has 0 spiro atoms. The third kappa shape index (κ3) is 2.82. The zero-order valence-corrected chi connectivity index (χ0v) is 12.6. The summed E-state index contributed by atoms with van der Waals surface area (Å²) in [5.41, 5.74) is 0. The van der Waals surface area contributed by atoms with Crippen molar-refractivity contribution in [2.75, 3.05) is 20.2 Å². The minimum Gasteiger partial charge on any atom is -0.469 e. The van der Waals surface area contributed by atoms with E-state index in [0.717, 1.165) is 11.3 Å². The number of carbonyl (C=O) groups excluding carboxylic acids is 1. The van der Waals surface area contributed by atoms with E-state index in [4.69, 9.17) is 0 Å². The number of nitrogens with zero attached hydrogens (tertiary/aromatic N) is 1. The van der Waals surface area contributed by atoms with Gasteiger partial charge in [0.05, 0.1) is 13.0 Å². The third-order valence-corrected chi connectivity index (χ3v) is 6.83. The molecule has 1 atom stereocenters. The summed E-state index contributed by atoms with van der Waals surface area (Å²) in [6.07, 6.45) is 1.35. The molecule has 1 aromatic heterocycles. The van der Waals surface area contributed by atoms with Crippen LogP contribution in [0.25, 0.3) is 0 Å². The van der Waals surface area contributed by atoms with Crippen LogP contribution in [-0.4, -0.2) is 38.9 Å². The molecule has 1 saturated heterocycles. The van der Waals surface area contributed by atoms with Gasteiger partial charge in [0.2, 0.25) is 0 Å². The van der Waals surface area contributed by atoms with E-state index in [1.807, 2.05) is 13.0 Å². The maximum atomic E-state index is 12.4. The van der Waals surface area contributed by atoms with Crippen molar-refractivity contribution >= 4 is 27.3 Å². The first kappa shape index (κ1) is 14.5. The molecule has 0 N–H and O–H groups in total. The van der Waals surface area contributed by atoms with Crippen molar-refractivity contribution < 1.29 is 17.9 Å². The molecular formula is C12H17NO4S2. The van der Waals surface area contributed by atoms with Gasteiger partial charge < -0.3 is 4.74 Å². The molecule has 1 fully saturated rings. The van der Waals surface area contributed by atoms with Crippen LogP contribution in [0, 0.1) is 5.92 Å². The van der Waals surface area contributed by atoms with E-state index < -0.39 is 10.0 Å². The molecule has 7 heteroatoms. The Morgan fingerprint density at radius 1 is 1.53 bits per heavy atom. The molecule has 2 rings (SSSR count). The summed E-state index contributed by atoms with van der Waals surface area (Å²) < 4.78 is 31.2. The van der Waals surface area contributed by atoms with Gasteiger partial charge in [0.25, 0.3) is 10.0 Å². The summed E-state index contributed by atoms with van der Waals surface area (Å²) in [6.45, 7) is 2.58. The van der Waals surface area contributed by atoms with E-state index in [0.29, 0.717) is 17.2 Å². The van der Waals surface area contributed by atoms with Crippen LogP contribution in [0.4, 0.5) is 0 Å². The summed E-state index contributed by atoms with van der Waals surface area (Å²) >= 11 is 1.30. The third-order valence-electron chi connectivity index (χ3n) is 3.27. The smallest absolute Gasteiger partial charge is 0.310 e. The van der Waals surface area contributed by atoms with Gasteiger partial charge in [0.15, 0.2) is 0 Å². The Labute approximate surface area is 117 Å². The summed E-state index contributed by atoms with van der Waals surface area (Å²) in [6, 6.07) is 3.48. The number of thiophene rings is 1. The molecule has 5 nitrogen and oxygen atoms in total. The second-order valence-corrected chi connectivity index (χ2v) is 7.78. The second-order valence-electron chi connectivity index (χ2n) is 4.45. The summed E-state index contributed by atoms with van der Waals surface area (Å²) in [7, 11) is -2.13. The largest absolute Gasteiger partial charge is 0.469 e. The van der Waals surface area contributed by atoms with Gasteiger partial charge >= 0.3 is 5.97 Å².